The topological polar surface area (TPSA) is 36.4 Å². The quantitative estimate of drug-likeness (QED) is 0.942. The molecule has 0 unspecified atom stereocenters. The highest BCUT2D eigenvalue weighted by molar-refractivity contribution is 5.22. The number of hydrogen-bond donors (Lipinski definition) is 1. The standard InChI is InChI=1S/C19H23FN2O/c1-2-14-3-8-17(21-11-14)12-22-10-9-18(19(23)13-22)15-4-6-16(20)7-5-15/h3-8,11,18-19,23H,2,9-10,12-13H2,1H3/t18-,19+/m0/s1. The summed E-state index contributed by atoms with van der Waals surface area (Å²) in [6.07, 6.45) is 3.37. The van der Waals surface area contributed by atoms with Crippen LogP contribution in [0.15, 0.2) is 42.6 Å². The molecule has 23 heavy (non-hydrogen) atoms. The fourth-order valence-electron chi connectivity index (χ4n) is 3.23. The second kappa shape index (κ2) is 7.20. The molecular weight excluding hydrogens is 291 g/mol. The predicted octanol–water partition coefficient (Wildman–Crippen LogP) is 3.13. The van der Waals surface area contributed by atoms with Gasteiger partial charge in [0.15, 0.2) is 0 Å². The Balaban J connectivity index is 1.60. The number of hydrogen-bond acceptors (Lipinski definition) is 3. The molecule has 1 aliphatic heterocycles. The van der Waals surface area contributed by atoms with Crippen molar-refractivity contribution in [1.82, 2.24) is 9.88 Å². The molecular formula is C19H23FN2O. The van der Waals surface area contributed by atoms with Crippen molar-refractivity contribution in [3.8, 4) is 0 Å². The second-order valence-electron chi connectivity index (χ2n) is 6.26. The molecule has 0 radical (unpaired) electrons. The first-order valence-corrected chi connectivity index (χ1v) is 8.25. The van der Waals surface area contributed by atoms with Gasteiger partial charge < -0.3 is 5.11 Å². The fraction of sp³-hybridized carbons (Fsp3) is 0.421. The smallest absolute Gasteiger partial charge is 0.123 e. The number of aliphatic hydroxyl groups is 1. The largest absolute Gasteiger partial charge is 0.391 e. The van der Waals surface area contributed by atoms with E-state index < -0.39 is 6.10 Å². The van der Waals surface area contributed by atoms with E-state index in [1.165, 1.54) is 17.7 Å². The van der Waals surface area contributed by atoms with Crippen molar-refractivity contribution < 1.29 is 9.50 Å². The number of likely N-dealkylation sites (tertiary alicyclic amines) is 1. The molecule has 1 aliphatic rings. The van der Waals surface area contributed by atoms with Crippen molar-refractivity contribution in [2.75, 3.05) is 13.1 Å². The van der Waals surface area contributed by atoms with Crippen molar-refractivity contribution in [2.24, 2.45) is 0 Å². The molecule has 0 saturated carbocycles. The monoisotopic (exact) mass is 314 g/mol. The Morgan fingerprint density at radius 1 is 1.22 bits per heavy atom. The number of benzene rings is 1. The maximum absolute atomic E-state index is 13.0. The summed E-state index contributed by atoms with van der Waals surface area (Å²) in [7, 11) is 0. The van der Waals surface area contributed by atoms with Gasteiger partial charge >= 0.3 is 0 Å². The van der Waals surface area contributed by atoms with E-state index in [2.05, 4.69) is 28.9 Å². The van der Waals surface area contributed by atoms with E-state index in [0.29, 0.717) is 6.54 Å². The first kappa shape index (κ1) is 16.1. The van der Waals surface area contributed by atoms with E-state index >= 15 is 0 Å². The molecule has 3 nitrogen and oxygen atoms in total. The van der Waals surface area contributed by atoms with Crippen molar-refractivity contribution in [2.45, 2.75) is 38.3 Å². The fourth-order valence-corrected chi connectivity index (χ4v) is 3.23. The van der Waals surface area contributed by atoms with Gasteiger partial charge in [0, 0.05) is 25.2 Å². The third kappa shape index (κ3) is 3.95. The summed E-state index contributed by atoms with van der Waals surface area (Å²) in [4.78, 5) is 6.73. The summed E-state index contributed by atoms with van der Waals surface area (Å²) < 4.78 is 13.0. The zero-order chi connectivity index (χ0) is 16.2. The van der Waals surface area contributed by atoms with E-state index in [0.717, 1.165) is 37.2 Å². The number of aromatic nitrogens is 1. The van der Waals surface area contributed by atoms with Crippen LogP contribution in [0, 0.1) is 5.82 Å². The second-order valence-corrected chi connectivity index (χ2v) is 6.26. The molecule has 1 N–H and O–H groups in total. The van der Waals surface area contributed by atoms with E-state index in [4.69, 9.17) is 0 Å². The van der Waals surface area contributed by atoms with Gasteiger partial charge in [0.25, 0.3) is 0 Å². The van der Waals surface area contributed by atoms with Crippen molar-refractivity contribution in [3.63, 3.8) is 0 Å². The first-order chi connectivity index (χ1) is 11.2. The molecule has 2 atom stereocenters. The Kier molecular flexibility index (Phi) is 5.03. The lowest BCUT2D eigenvalue weighted by molar-refractivity contribution is 0.0471. The zero-order valence-electron chi connectivity index (χ0n) is 13.5. The van der Waals surface area contributed by atoms with E-state index in [9.17, 15) is 9.50 Å². The summed E-state index contributed by atoms with van der Waals surface area (Å²) in [5.41, 5.74) is 3.29. The van der Waals surface area contributed by atoms with Crippen molar-refractivity contribution in [1.29, 1.82) is 0 Å². The summed E-state index contributed by atoms with van der Waals surface area (Å²) in [5, 5.41) is 10.5. The lowest BCUT2D eigenvalue weighted by Crippen LogP contribution is -2.42. The number of rotatable bonds is 4. The highest BCUT2D eigenvalue weighted by atomic mass is 19.1. The number of β-amino-alcohol motifs (C(OH)–C–C–N with tert-alkyl or cyclic N) is 1. The number of halogens is 1. The van der Waals surface area contributed by atoms with Gasteiger partial charge in [-0.15, -0.1) is 0 Å². The molecule has 3 rings (SSSR count). The van der Waals surface area contributed by atoms with Crippen LogP contribution in [0.1, 0.15) is 36.1 Å². The summed E-state index contributed by atoms with van der Waals surface area (Å²) >= 11 is 0. The molecule has 0 bridgehead atoms. The Morgan fingerprint density at radius 2 is 2.00 bits per heavy atom. The van der Waals surface area contributed by atoms with Crippen LogP contribution in [0.3, 0.4) is 0 Å². The molecule has 0 spiro atoms. The molecule has 122 valence electrons. The van der Waals surface area contributed by atoms with E-state index in [-0.39, 0.29) is 11.7 Å². The van der Waals surface area contributed by atoms with Gasteiger partial charge in [0.05, 0.1) is 11.8 Å². The van der Waals surface area contributed by atoms with Gasteiger partial charge in [0.2, 0.25) is 0 Å². The minimum Gasteiger partial charge on any atom is -0.391 e. The van der Waals surface area contributed by atoms with Crippen molar-refractivity contribution >= 4 is 0 Å². The summed E-state index contributed by atoms with van der Waals surface area (Å²) in [5.74, 6) is -0.149. The van der Waals surface area contributed by atoms with Crippen molar-refractivity contribution in [3.05, 3.63) is 65.2 Å². The van der Waals surface area contributed by atoms with Crippen LogP contribution >= 0.6 is 0 Å². The number of aryl methyl sites for hydroxylation is 1. The van der Waals surface area contributed by atoms with E-state index in [1.54, 1.807) is 12.1 Å². The van der Waals surface area contributed by atoms with E-state index in [1.807, 2.05) is 6.20 Å². The summed E-state index contributed by atoms with van der Waals surface area (Å²) in [6, 6.07) is 10.7. The maximum Gasteiger partial charge on any atom is 0.123 e. The number of piperidine rings is 1. The van der Waals surface area contributed by atoms with Gasteiger partial charge in [-0.05, 0) is 48.7 Å². The summed E-state index contributed by atoms with van der Waals surface area (Å²) in [6.45, 7) is 4.42. The maximum atomic E-state index is 13.0. The Hall–Kier alpha value is -1.78. The molecule has 0 amide bonds. The van der Waals surface area contributed by atoms with Gasteiger partial charge in [-0.3, -0.25) is 9.88 Å². The van der Waals surface area contributed by atoms with Crippen LogP contribution in [0.25, 0.3) is 0 Å². The van der Waals surface area contributed by atoms with Gasteiger partial charge in [0.1, 0.15) is 5.82 Å². The molecule has 0 aliphatic carbocycles. The highest BCUT2D eigenvalue weighted by Gasteiger charge is 2.28. The molecule has 1 aromatic carbocycles. The average Bonchev–Trinajstić information content (AvgIpc) is 2.57. The number of aliphatic hydroxyl groups excluding tert-OH is 1. The Bertz CT molecular complexity index is 627. The number of pyridine rings is 1. The molecule has 1 fully saturated rings. The highest BCUT2D eigenvalue weighted by Crippen LogP contribution is 2.29. The normalized spacial score (nSPS) is 22.2. The molecule has 2 heterocycles. The van der Waals surface area contributed by atoms with Gasteiger partial charge in [-0.1, -0.05) is 25.1 Å². The first-order valence-electron chi connectivity index (χ1n) is 8.25. The van der Waals surface area contributed by atoms with Crippen LogP contribution < -0.4 is 0 Å². The lowest BCUT2D eigenvalue weighted by Gasteiger charge is -2.36. The SMILES string of the molecule is CCc1ccc(CN2CC[C@@H](c3ccc(F)cc3)[C@H](O)C2)nc1. The van der Waals surface area contributed by atoms with Crippen LogP contribution in [-0.4, -0.2) is 34.2 Å². The average molecular weight is 314 g/mol. The van der Waals surface area contributed by atoms with Crippen LogP contribution in [-0.2, 0) is 13.0 Å². The molecule has 1 saturated heterocycles. The van der Waals surface area contributed by atoms with Crippen LogP contribution in [0.4, 0.5) is 4.39 Å². The molecule has 2 aromatic rings. The lowest BCUT2D eigenvalue weighted by atomic mass is 9.87. The third-order valence-corrected chi connectivity index (χ3v) is 4.64. The third-order valence-electron chi connectivity index (χ3n) is 4.64. The van der Waals surface area contributed by atoms with Gasteiger partial charge in [-0.2, -0.15) is 0 Å². The van der Waals surface area contributed by atoms with Gasteiger partial charge in [-0.25, -0.2) is 4.39 Å². The zero-order valence-corrected chi connectivity index (χ0v) is 13.5. The van der Waals surface area contributed by atoms with Crippen LogP contribution in [0.5, 0.6) is 0 Å². The molecule has 1 aromatic heterocycles. The van der Waals surface area contributed by atoms with Crippen LogP contribution in [0.2, 0.25) is 0 Å². The Morgan fingerprint density at radius 3 is 2.61 bits per heavy atom. The predicted molar refractivity (Wildman–Crippen MR) is 88.7 cm³/mol. The molecule has 4 heteroatoms. The minimum atomic E-state index is -0.427. The minimum absolute atomic E-state index is 0.0854. The Labute approximate surface area is 136 Å². The number of nitrogens with zero attached hydrogens (tertiary/aromatic N) is 2.